The van der Waals surface area contributed by atoms with Crippen LogP contribution >= 0.6 is 11.6 Å². The van der Waals surface area contributed by atoms with Gasteiger partial charge in [-0.15, -0.1) is 0 Å². The summed E-state index contributed by atoms with van der Waals surface area (Å²) < 4.78 is 31.7. The molecule has 1 N–H and O–H groups in total. The summed E-state index contributed by atoms with van der Waals surface area (Å²) in [6.07, 6.45) is 0. The Morgan fingerprint density at radius 3 is 2.60 bits per heavy atom. The van der Waals surface area contributed by atoms with Crippen molar-refractivity contribution in [2.75, 3.05) is 11.8 Å². The molecule has 106 valence electrons. The summed E-state index contributed by atoms with van der Waals surface area (Å²) in [5.41, 5.74) is 0.619. The van der Waals surface area contributed by atoms with E-state index in [0.717, 1.165) is 0 Å². The van der Waals surface area contributed by atoms with Gasteiger partial charge in [-0.3, -0.25) is 0 Å². The van der Waals surface area contributed by atoms with Crippen LogP contribution in [0.15, 0.2) is 35.2 Å². The summed E-state index contributed by atoms with van der Waals surface area (Å²) in [6.45, 7) is 1.70. The molecule has 0 bridgehead atoms. The van der Waals surface area contributed by atoms with E-state index in [-0.39, 0.29) is 21.9 Å². The third-order valence-corrected chi connectivity index (χ3v) is 4.17. The summed E-state index contributed by atoms with van der Waals surface area (Å²) in [6, 6.07) is 7.98. The Morgan fingerprint density at radius 2 is 1.95 bits per heavy atom. The van der Waals surface area contributed by atoms with Crippen LogP contribution in [0.5, 0.6) is 5.88 Å². The lowest BCUT2D eigenvalue weighted by Crippen LogP contribution is -2.16. The van der Waals surface area contributed by atoms with Crippen molar-refractivity contribution in [1.29, 1.82) is 0 Å². The van der Waals surface area contributed by atoms with Gasteiger partial charge in [-0.25, -0.2) is 18.1 Å². The molecule has 20 heavy (non-hydrogen) atoms. The highest BCUT2D eigenvalue weighted by molar-refractivity contribution is 7.92. The molecular weight excluding hydrogens is 302 g/mol. The van der Waals surface area contributed by atoms with Crippen molar-refractivity contribution in [2.24, 2.45) is 0 Å². The number of anilines is 1. The fraction of sp³-hybridized carbons (Fsp3) is 0.167. The lowest BCUT2D eigenvalue weighted by Gasteiger charge is -2.09. The summed E-state index contributed by atoms with van der Waals surface area (Å²) >= 11 is 5.77. The first-order valence-electron chi connectivity index (χ1n) is 5.59. The summed E-state index contributed by atoms with van der Waals surface area (Å²) in [4.78, 5) is 7.85. The van der Waals surface area contributed by atoms with Crippen LogP contribution in [0, 0.1) is 6.92 Å². The Morgan fingerprint density at radius 1 is 1.25 bits per heavy atom. The number of benzene rings is 1. The van der Waals surface area contributed by atoms with Gasteiger partial charge in [0.1, 0.15) is 5.15 Å². The van der Waals surface area contributed by atoms with Crippen molar-refractivity contribution in [1.82, 2.24) is 9.97 Å². The number of halogens is 1. The SMILES string of the molecule is COc1cc(Cl)nc(NS(=O)(=O)c2ccccc2C)n1. The van der Waals surface area contributed by atoms with Gasteiger partial charge in [0.2, 0.25) is 11.8 Å². The Hall–Kier alpha value is -1.86. The Balaban J connectivity index is 2.38. The smallest absolute Gasteiger partial charge is 0.264 e. The molecule has 0 aliphatic heterocycles. The van der Waals surface area contributed by atoms with Gasteiger partial charge in [0, 0.05) is 6.07 Å². The van der Waals surface area contributed by atoms with Gasteiger partial charge in [-0.05, 0) is 18.6 Å². The zero-order valence-corrected chi connectivity index (χ0v) is 12.4. The molecule has 1 aromatic heterocycles. The molecule has 0 amide bonds. The van der Waals surface area contributed by atoms with Crippen LogP contribution in [0.3, 0.4) is 0 Å². The van der Waals surface area contributed by atoms with E-state index in [1.165, 1.54) is 19.2 Å². The van der Waals surface area contributed by atoms with Crippen molar-refractivity contribution < 1.29 is 13.2 Å². The molecule has 0 unspecified atom stereocenters. The van der Waals surface area contributed by atoms with Gasteiger partial charge >= 0.3 is 0 Å². The lowest BCUT2D eigenvalue weighted by molar-refractivity contribution is 0.397. The Kier molecular flexibility index (Phi) is 4.10. The molecular formula is C12H12ClN3O3S. The Labute approximate surface area is 121 Å². The minimum absolute atomic E-state index is 0.0827. The third kappa shape index (κ3) is 3.17. The fourth-order valence-corrected chi connectivity index (χ4v) is 2.94. The molecule has 0 atom stereocenters. The van der Waals surface area contributed by atoms with Crippen molar-refractivity contribution in [3.8, 4) is 5.88 Å². The van der Waals surface area contributed by atoms with E-state index in [2.05, 4.69) is 14.7 Å². The number of methoxy groups -OCH3 is 1. The minimum atomic E-state index is -3.77. The maximum atomic E-state index is 12.3. The molecule has 0 spiro atoms. The predicted molar refractivity (Wildman–Crippen MR) is 75.6 cm³/mol. The molecule has 0 aliphatic rings. The highest BCUT2D eigenvalue weighted by atomic mass is 35.5. The quantitative estimate of drug-likeness (QED) is 0.876. The number of hydrogen-bond donors (Lipinski definition) is 1. The second-order valence-corrected chi connectivity index (χ2v) is 5.97. The van der Waals surface area contributed by atoms with E-state index in [1.807, 2.05) is 0 Å². The first-order chi connectivity index (χ1) is 9.42. The topological polar surface area (TPSA) is 81.2 Å². The number of nitrogens with zero attached hydrogens (tertiary/aromatic N) is 2. The first-order valence-corrected chi connectivity index (χ1v) is 7.45. The van der Waals surface area contributed by atoms with E-state index in [9.17, 15) is 8.42 Å². The number of hydrogen-bond acceptors (Lipinski definition) is 5. The summed E-state index contributed by atoms with van der Waals surface area (Å²) in [5, 5.41) is 0.0827. The molecule has 8 heteroatoms. The number of ether oxygens (including phenoxy) is 1. The maximum Gasteiger partial charge on any atom is 0.264 e. The number of nitrogens with one attached hydrogen (secondary N) is 1. The van der Waals surface area contributed by atoms with Crippen molar-refractivity contribution in [3.05, 3.63) is 41.0 Å². The molecule has 1 heterocycles. The van der Waals surface area contributed by atoms with Crippen LogP contribution in [0.4, 0.5) is 5.95 Å². The first kappa shape index (κ1) is 14.5. The second kappa shape index (κ2) is 5.64. The van der Waals surface area contributed by atoms with Gasteiger partial charge in [0.15, 0.2) is 0 Å². The van der Waals surface area contributed by atoms with E-state index in [1.54, 1.807) is 25.1 Å². The minimum Gasteiger partial charge on any atom is -0.481 e. The highest BCUT2D eigenvalue weighted by Crippen LogP contribution is 2.20. The number of sulfonamides is 1. The Bertz CT molecular complexity index is 734. The van der Waals surface area contributed by atoms with Crippen LogP contribution in [0.2, 0.25) is 5.15 Å². The second-order valence-electron chi connectivity index (χ2n) is 3.93. The van der Waals surface area contributed by atoms with E-state index in [4.69, 9.17) is 16.3 Å². The number of rotatable bonds is 4. The average molecular weight is 314 g/mol. The predicted octanol–water partition coefficient (Wildman–Crippen LogP) is 2.25. The van der Waals surface area contributed by atoms with Gasteiger partial charge in [-0.1, -0.05) is 29.8 Å². The number of aromatic nitrogens is 2. The van der Waals surface area contributed by atoms with Crippen LogP contribution in [-0.2, 0) is 10.0 Å². The van der Waals surface area contributed by atoms with Gasteiger partial charge in [-0.2, -0.15) is 4.98 Å². The monoisotopic (exact) mass is 313 g/mol. The van der Waals surface area contributed by atoms with Crippen molar-refractivity contribution >= 4 is 27.6 Å². The fourth-order valence-electron chi connectivity index (χ4n) is 1.58. The van der Waals surface area contributed by atoms with Crippen LogP contribution in [-0.4, -0.2) is 25.5 Å². The standard InChI is InChI=1S/C12H12ClN3O3S/c1-8-5-3-4-6-9(8)20(17,18)16-12-14-10(13)7-11(15-12)19-2/h3-7H,1-2H3,(H,14,15,16). The molecule has 0 saturated heterocycles. The molecule has 0 fully saturated rings. The molecule has 0 aliphatic carbocycles. The zero-order valence-electron chi connectivity index (χ0n) is 10.8. The average Bonchev–Trinajstić information content (AvgIpc) is 2.37. The molecule has 1 aromatic carbocycles. The van der Waals surface area contributed by atoms with E-state index >= 15 is 0 Å². The lowest BCUT2D eigenvalue weighted by atomic mass is 10.2. The number of aryl methyl sites for hydroxylation is 1. The molecule has 6 nitrogen and oxygen atoms in total. The molecule has 0 saturated carbocycles. The normalized spacial score (nSPS) is 11.2. The summed E-state index contributed by atoms with van der Waals surface area (Å²) in [5.74, 6) is 0.0325. The highest BCUT2D eigenvalue weighted by Gasteiger charge is 2.18. The molecule has 0 radical (unpaired) electrons. The van der Waals surface area contributed by atoms with Gasteiger partial charge in [0.05, 0.1) is 12.0 Å². The molecule has 2 aromatic rings. The van der Waals surface area contributed by atoms with Gasteiger partial charge < -0.3 is 4.74 Å². The summed E-state index contributed by atoms with van der Waals surface area (Å²) in [7, 11) is -2.37. The third-order valence-electron chi connectivity index (χ3n) is 2.49. The van der Waals surface area contributed by atoms with E-state index in [0.29, 0.717) is 5.56 Å². The largest absolute Gasteiger partial charge is 0.481 e. The van der Waals surface area contributed by atoms with Crippen molar-refractivity contribution in [3.63, 3.8) is 0 Å². The van der Waals surface area contributed by atoms with E-state index < -0.39 is 10.0 Å². The van der Waals surface area contributed by atoms with Crippen molar-refractivity contribution in [2.45, 2.75) is 11.8 Å². The van der Waals surface area contributed by atoms with Crippen LogP contribution in [0.25, 0.3) is 0 Å². The van der Waals surface area contributed by atoms with Crippen LogP contribution in [0.1, 0.15) is 5.56 Å². The van der Waals surface area contributed by atoms with Crippen LogP contribution < -0.4 is 9.46 Å². The zero-order chi connectivity index (χ0) is 14.8. The maximum absolute atomic E-state index is 12.3. The van der Waals surface area contributed by atoms with Gasteiger partial charge in [0.25, 0.3) is 10.0 Å². The molecule has 2 rings (SSSR count).